The third kappa shape index (κ3) is 3.19. The maximum Gasteiger partial charge on any atom is 0.231 e. The number of nitrogens with zero attached hydrogens (tertiary/aromatic N) is 8. The van der Waals surface area contributed by atoms with Crippen LogP contribution in [0, 0.1) is 11.2 Å². The molecule has 6 heterocycles. The van der Waals surface area contributed by atoms with Crippen molar-refractivity contribution in [3.05, 3.63) is 53.0 Å². The van der Waals surface area contributed by atoms with Gasteiger partial charge in [-0.05, 0) is 30.2 Å². The van der Waals surface area contributed by atoms with E-state index in [0.717, 1.165) is 74.8 Å². The van der Waals surface area contributed by atoms with Crippen molar-refractivity contribution in [1.29, 1.82) is 0 Å². The van der Waals surface area contributed by atoms with Crippen LogP contribution in [0.2, 0.25) is 5.02 Å². The molecular weight excluding hydrogens is 459 g/mol. The summed E-state index contributed by atoms with van der Waals surface area (Å²) in [6, 6.07) is 6.42. The van der Waals surface area contributed by atoms with Crippen LogP contribution in [0.3, 0.4) is 0 Å². The monoisotopic (exact) mass is 482 g/mol. The summed E-state index contributed by atoms with van der Waals surface area (Å²) >= 11 is 6.38. The van der Waals surface area contributed by atoms with Gasteiger partial charge in [-0.2, -0.15) is 0 Å². The number of aromatic nitrogens is 5. The first kappa shape index (κ1) is 20.5. The van der Waals surface area contributed by atoms with Crippen LogP contribution in [0.4, 0.5) is 16.2 Å². The number of anilines is 2. The second kappa shape index (κ2) is 7.59. The third-order valence-corrected chi connectivity index (χ3v) is 7.71. The molecule has 0 saturated carbocycles. The van der Waals surface area contributed by atoms with E-state index in [2.05, 4.69) is 46.7 Å². The summed E-state index contributed by atoms with van der Waals surface area (Å²) < 4.78 is 21.9. The molecule has 176 valence electrons. The van der Waals surface area contributed by atoms with E-state index in [9.17, 15) is 4.39 Å². The maximum absolute atomic E-state index is 14.1. The topological polar surface area (TPSA) is 75.4 Å². The lowest BCUT2D eigenvalue weighted by atomic mass is 9.73. The minimum Gasteiger partial charge on any atom is -0.380 e. The summed E-state index contributed by atoms with van der Waals surface area (Å²) in [5.74, 6) is 1.81. The minimum atomic E-state index is -0.371. The largest absolute Gasteiger partial charge is 0.380 e. The molecule has 7 rings (SSSR count). The standard InChI is InChI=1S/C23H24ClFN8O/c24-16-1-2-19-15(5-16)7-30(17-3-4-34-9-17)8-20-28-29-22(33(19)20)32-12-23(13-32)10-31(11-23)21-18(25)6-26-14-27-21/h1-2,5-6,14,17H,3-4,7-13H2/t17-/m0/s1. The molecule has 34 heavy (non-hydrogen) atoms. The molecule has 0 radical (unpaired) electrons. The van der Waals surface area contributed by atoms with E-state index in [4.69, 9.17) is 16.3 Å². The summed E-state index contributed by atoms with van der Waals surface area (Å²) in [5.41, 5.74) is 2.38. The number of hydrogen-bond acceptors (Lipinski definition) is 8. The Kier molecular flexibility index (Phi) is 4.59. The van der Waals surface area contributed by atoms with Gasteiger partial charge in [0.05, 0.1) is 25.0 Å². The van der Waals surface area contributed by atoms with Crippen LogP contribution in [-0.4, -0.2) is 75.1 Å². The summed E-state index contributed by atoms with van der Waals surface area (Å²) in [5, 5.41) is 9.95. The third-order valence-electron chi connectivity index (χ3n) is 7.47. The van der Waals surface area contributed by atoms with Gasteiger partial charge in [-0.1, -0.05) is 11.6 Å². The van der Waals surface area contributed by atoms with Crippen LogP contribution >= 0.6 is 11.6 Å². The molecule has 4 aliphatic heterocycles. The van der Waals surface area contributed by atoms with Gasteiger partial charge in [0.15, 0.2) is 17.5 Å². The Morgan fingerprint density at radius 1 is 1.09 bits per heavy atom. The SMILES string of the molecule is Fc1cncnc1N1CC2(C1)CN(c1nnc3n1-c1ccc(Cl)cc1CN([C@H]1CCOC1)C3)C2. The average molecular weight is 483 g/mol. The quantitative estimate of drug-likeness (QED) is 0.563. The zero-order valence-electron chi connectivity index (χ0n) is 18.6. The van der Waals surface area contributed by atoms with Gasteiger partial charge in [0.1, 0.15) is 6.33 Å². The van der Waals surface area contributed by atoms with Crippen LogP contribution in [-0.2, 0) is 17.8 Å². The summed E-state index contributed by atoms with van der Waals surface area (Å²) in [7, 11) is 0. The van der Waals surface area contributed by atoms with Gasteiger partial charge in [-0.3, -0.25) is 9.47 Å². The van der Waals surface area contributed by atoms with Gasteiger partial charge in [-0.25, -0.2) is 14.4 Å². The Morgan fingerprint density at radius 2 is 1.94 bits per heavy atom. The smallest absolute Gasteiger partial charge is 0.231 e. The molecule has 3 saturated heterocycles. The molecule has 1 spiro atoms. The van der Waals surface area contributed by atoms with Crippen molar-refractivity contribution in [2.75, 3.05) is 49.2 Å². The van der Waals surface area contributed by atoms with Gasteiger partial charge < -0.3 is 14.5 Å². The molecule has 9 nitrogen and oxygen atoms in total. The second-order valence-corrected chi connectivity index (χ2v) is 10.3. The highest BCUT2D eigenvalue weighted by Crippen LogP contribution is 2.44. The van der Waals surface area contributed by atoms with Crippen LogP contribution in [0.15, 0.2) is 30.7 Å². The number of ether oxygens (including phenoxy) is 1. The predicted octanol–water partition coefficient (Wildman–Crippen LogP) is 2.28. The molecule has 4 aliphatic rings. The van der Waals surface area contributed by atoms with Crippen LogP contribution < -0.4 is 9.80 Å². The molecule has 1 aromatic carbocycles. The molecule has 0 bridgehead atoms. The predicted molar refractivity (Wildman–Crippen MR) is 124 cm³/mol. The molecule has 0 amide bonds. The van der Waals surface area contributed by atoms with Crippen molar-refractivity contribution >= 4 is 23.4 Å². The number of halogens is 2. The van der Waals surface area contributed by atoms with Crippen LogP contribution in [0.25, 0.3) is 5.69 Å². The van der Waals surface area contributed by atoms with Crippen molar-refractivity contribution in [3.8, 4) is 5.69 Å². The van der Waals surface area contributed by atoms with Crippen molar-refractivity contribution < 1.29 is 9.13 Å². The highest BCUT2D eigenvalue weighted by molar-refractivity contribution is 6.30. The number of benzene rings is 1. The van der Waals surface area contributed by atoms with E-state index < -0.39 is 0 Å². The Balaban J connectivity index is 1.15. The Labute approximate surface area is 201 Å². The molecule has 3 fully saturated rings. The first-order chi connectivity index (χ1) is 16.6. The lowest BCUT2D eigenvalue weighted by Gasteiger charge is -2.60. The van der Waals surface area contributed by atoms with E-state index in [1.165, 1.54) is 18.1 Å². The average Bonchev–Trinajstić information content (AvgIpc) is 3.41. The molecule has 1 atom stereocenters. The fourth-order valence-corrected chi connectivity index (χ4v) is 6.04. The normalized spacial score (nSPS) is 23.3. The maximum atomic E-state index is 14.1. The molecule has 0 unspecified atom stereocenters. The van der Waals surface area contributed by atoms with Crippen molar-refractivity contribution in [3.63, 3.8) is 0 Å². The lowest BCUT2D eigenvalue weighted by molar-refractivity contribution is 0.133. The molecular formula is C23H24ClFN8O. The van der Waals surface area contributed by atoms with Crippen LogP contribution in [0.5, 0.6) is 0 Å². The van der Waals surface area contributed by atoms with Crippen molar-refractivity contribution in [2.45, 2.75) is 25.6 Å². The Morgan fingerprint density at radius 3 is 2.74 bits per heavy atom. The zero-order chi connectivity index (χ0) is 22.9. The van der Waals surface area contributed by atoms with E-state index >= 15 is 0 Å². The highest BCUT2D eigenvalue weighted by atomic mass is 35.5. The summed E-state index contributed by atoms with van der Waals surface area (Å²) in [6.45, 7) is 6.33. The van der Waals surface area contributed by atoms with Crippen molar-refractivity contribution in [1.82, 2.24) is 29.6 Å². The van der Waals surface area contributed by atoms with Gasteiger partial charge in [0.2, 0.25) is 5.95 Å². The number of hydrogen-bond donors (Lipinski definition) is 0. The number of fused-ring (bicyclic) bond motifs is 3. The van der Waals surface area contributed by atoms with E-state index in [1.54, 1.807) is 0 Å². The summed E-state index contributed by atoms with van der Waals surface area (Å²) in [4.78, 5) is 14.5. The lowest BCUT2D eigenvalue weighted by Crippen LogP contribution is -2.73. The van der Waals surface area contributed by atoms with Gasteiger partial charge in [0.25, 0.3) is 0 Å². The Hall–Kier alpha value is -2.82. The molecule has 0 N–H and O–H groups in total. The molecule has 0 aliphatic carbocycles. The molecule has 2 aromatic heterocycles. The first-order valence-electron chi connectivity index (χ1n) is 11.6. The van der Waals surface area contributed by atoms with E-state index in [1.807, 2.05) is 11.0 Å². The fraction of sp³-hybridized carbons (Fsp3) is 0.478. The van der Waals surface area contributed by atoms with Crippen molar-refractivity contribution in [2.24, 2.45) is 5.41 Å². The molecule has 3 aromatic rings. The second-order valence-electron chi connectivity index (χ2n) is 9.85. The zero-order valence-corrected chi connectivity index (χ0v) is 19.3. The van der Waals surface area contributed by atoms with Gasteiger partial charge >= 0.3 is 0 Å². The fourth-order valence-electron chi connectivity index (χ4n) is 5.84. The van der Waals surface area contributed by atoms with E-state index in [0.29, 0.717) is 18.4 Å². The molecule has 11 heteroatoms. The summed E-state index contributed by atoms with van der Waals surface area (Å²) in [6.07, 6.45) is 3.64. The van der Waals surface area contributed by atoms with Crippen LogP contribution in [0.1, 0.15) is 17.8 Å². The number of rotatable bonds is 3. The Bertz CT molecular complexity index is 1250. The van der Waals surface area contributed by atoms with Gasteiger partial charge in [-0.15, -0.1) is 10.2 Å². The van der Waals surface area contributed by atoms with Gasteiger partial charge in [0, 0.05) is 55.8 Å². The van der Waals surface area contributed by atoms with E-state index in [-0.39, 0.29) is 11.2 Å². The minimum absolute atomic E-state index is 0.130. The first-order valence-corrected chi connectivity index (χ1v) is 12.0. The highest BCUT2D eigenvalue weighted by Gasteiger charge is 2.54.